The minimum Gasteiger partial charge on any atom is -0.370 e. The molecule has 1 amide bonds. The Bertz CT molecular complexity index is 545. The lowest BCUT2D eigenvalue weighted by atomic mass is 10.1. The van der Waals surface area contributed by atoms with Gasteiger partial charge in [0, 0.05) is 13.1 Å². The van der Waals surface area contributed by atoms with E-state index in [1.807, 2.05) is 18.7 Å². The molecule has 114 valence electrons. The fourth-order valence-corrected chi connectivity index (χ4v) is 1.92. The zero-order valence-corrected chi connectivity index (χ0v) is 11.8. The van der Waals surface area contributed by atoms with E-state index in [4.69, 9.17) is 5.26 Å². The van der Waals surface area contributed by atoms with E-state index in [1.165, 1.54) is 6.07 Å². The molecule has 0 unspecified atom stereocenters. The molecule has 0 aliphatic heterocycles. The molecule has 0 aliphatic rings. The van der Waals surface area contributed by atoms with Gasteiger partial charge in [0.15, 0.2) is 0 Å². The van der Waals surface area contributed by atoms with Crippen molar-refractivity contribution in [1.82, 2.24) is 0 Å². The van der Waals surface area contributed by atoms with Crippen molar-refractivity contribution in [3.63, 3.8) is 0 Å². The number of carbonyl (C=O) groups excluding carboxylic acids is 1. The molecule has 0 spiro atoms. The Hall–Kier alpha value is -2.23. The average Bonchev–Trinajstić information content (AvgIpc) is 2.40. The predicted octanol–water partition coefficient (Wildman–Crippen LogP) is 3.40. The van der Waals surface area contributed by atoms with Crippen LogP contribution >= 0.6 is 0 Å². The molecular formula is C14H16F3N3O. The van der Waals surface area contributed by atoms with Crippen LogP contribution < -0.4 is 10.2 Å². The second kappa shape index (κ2) is 6.97. The molecule has 1 aromatic rings. The first-order valence-corrected chi connectivity index (χ1v) is 6.46. The molecule has 7 heteroatoms. The summed E-state index contributed by atoms with van der Waals surface area (Å²) in [7, 11) is 0. The van der Waals surface area contributed by atoms with E-state index in [0.29, 0.717) is 18.8 Å². The van der Waals surface area contributed by atoms with Gasteiger partial charge in [0.25, 0.3) is 0 Å². The van der Waals surface area contributed by atoms with Crippen LogP contribution in [0.4, 0.5) is 24.5 Å². The molecule has 0 fully saturated rings. The molecule has 0 heterocycles. The van der Waals surface area contributed by atoms with Crippen molar-refractivity contribution in [3.05, 3.63) is 23.8 Å². The third-order valence-electron chi connectivity index (χ3n) is 2.94. The van der Waals surface area contributed by atoms with Gasteiger partial charge in [-0.1, -0.05) is 0 Å². The van der Waals surface area contributed by atoms with Crippen LogP contribution in [0.1, 0.15) is 25.8 Å². The molecular weight excluding hydrogens is 283 g/mol. The summed E-state index contributed by atoms with van der Waals surface area (Å²) in [6.45, 7) is 4.90. The Kier molecular flexibility index (Phi) is 5.59. The second-order valence-corrected chi connectivity index (χ2v) is 4.29. The highest BCUT2D eigenvalue weighted by Gasteiger charge is 2.31. The quantitative estimate of drug-likeness (QED) is 0.906. The van der Waals surface area contributed by atoms with Crippen LogP contribution in [-0.2, 0) is 11.0 Å². The highest BCUT2D eigenvalue weighted by atomic mass is 19.4. The second-order valence-electron chi connectivity index (χ2n) is 4.29. The lowest BCUT2D eigenvalue weighted by Crippen LogP contribution is -2.24. The van der Waals surface area contributed by atoms with Crippen molar-refractivity contribution in [1.29, 1.82) is 5.26 Å². The number of halogens is 3. The number of anilines is 2. The number of hydrogen-bond acceptors (Lipinski definition) is 3. The van der Waals surface area contributed by atoms with Crippen molar-refractivity contribution >= 4 is 17.3 Å². The van der Waals surface area contributed by atoms with Crippen LogP contribution in [-0.4, -0.2) is 19.0 Å². The molecule has 1 rings (SSSR count). The molecule has 0 aromatic heterocycles. The maximum atomic E-state index is 12.8. The Balaban J connectivity index is 3.24. The normalized spacial score (nSPS) is 10.9. The third-order valence-corrected chi connectivity index (χ3v) is 2.94. The fourth-order valence-electron chi connectivity index (χ4n) is 1.92. The van der Waals surface area contributed by atoms with Crippen molar-refractivity contribution in [2.24, 2.45) is 0 Å². The summed E-state index contributed by atoms with van der Waals surface area (Å²) in [5.74, 6) is -0.634. The van der Waals surface area contributed by atoms with Gasteiger partial charge in [-0.15, -0.1) is 0 Å². The molecule has 0 saturated heterocycles. The number of nitrogens with zero attached hydrogens (tertiary/aromatic N) is 2. The summed E-state index contributed by atoms with van der Waals surface area (Å²) < 4.78 is 38.3. The summed E-state index contributed by atoms with van der Waals surface area (Å²) >= 11 is 0. The van der Waals surface area contributed by atoms with Crippen molar-refractivity contribution in [3.8, 4) is 6.07 Å². The van der Waals surface area contributed by atoms with Gasteiger partial charge in [-0.05, 0) is 32.0 Å². The van der Waals surface area contributed by atoms with Crippen LogP contribution in [0, 0.1) is 11.3 Å². The number of alkyl halides is 3. The van der Waals surface area contributed by atoms with Crippen molar-refractivity contribution in [2.45, 2.75) is 26.4 Å². The molecule has 4 nitrogen and oxygen atoms in total. The lowest BCUT2D eigenvalue weighted by molar-refractivity contribution is -0.137. The maximum Gasteiger partial charge on any atom is 0.416 e. The van der Waals surface area contributed by atoms with Crippen LogP contribution in [0.2, 0.25) is 0 Å². The molecule has 0 radical (unpaired) electrons. The molecule has 0 bridgehead atoms. The minimum absolute atomic E-state index is 0.0637. The number of nitriles is 1. The van der Waals surface area contributed by atoms with Gasteiger partial charge in [0.1, 0.15) is 6.42 Å². The van der Waals surface area contributed by atoms with E-state index in [-0.39, 0.29) is 5.69 Å². The molecule has 21 heavy (non-hydrogen) atoms. The van der Waals surface area contributed by atoms with Gasteiger partial charge in [0.05, 0.1) is 23.0 Å². The minimum atomic E-state index is -4.49. The molecule has 0 atom stereocenters. The van der Waals surface area contributed by atoms with E-state index in [1.54, 1.807) is 6.07 Å². The zero-order valence-electron chi connectivity index (χ0n) is 11.8. The van der Waals surface area contributed by atoms with Gasteiger partial charge < -0.3 is 10.2 Å². The molecule has 0 aliphatic carbocycles. The Labute approximate surface area is 121 Å². The SMILES string of the molecule is CCN(CC)c1ccc(C(F)(F)F)cc1NC(=O)CC#N. The fraction of sp³-hybridized carbons (Fsp3) is 0.429. The van der Waals surface area contributed by atoms with Crippen molar-refractivity contribution in [2.75, 3.05) is 23.3 Å². The maximum absolute atomic E-state index is 12.8. The monoisotopic (exact) mass is 299 g/mol. The number of benzene rings is 1. The predicted molar refractivity (Wildman–Crippen MR) is 73.9 cm³/mol. The number of carbonyl (C=O) groups is 1. The average molecular weight is 299 g/mol. The zero-order chi connectivity index (χ0) is 16.0. The first-order valence-electron chi connectivity index (χ1n) is 6.46. The first-order chi connectivity index (χ1) is 9.83. The number of rotatable bonds is 5. The van der Waals surface area contributed by atoms with Gasteiger partial charge in [0.2, 0.25) is 5.91 Å². The number of nitrogens with one attached hydrogen (secondary N) is 1. The molecule has 1 aromatic carbocycles. The lowest BCUT2D eigenvalue weighted by Gasteiger charge is -2.25. The molecule has 1 N–H and O–H groups in total. The van der Waals surface area contributed by atoms with Crippen LogP contribution in [0.15, 0.2) is 18.2 Å². The number of hydrogen-bond donors (Lipinski definition) is 1. The van der Waals surface area contributed by atoms with E-state index >= 15 is 0 Å². The highest BCUT2D eigenvalue weighted by molar-refractivity contribution is 5.95. The summed E-state index contributed by atoms with van der Waals surface area (Å²) in [5, 5.41) is 10.8. The standard InChI is InChI=1S/C14H16F3N3O/c1-3-20(4-2)12-6-5-10(14(15,16)17)9-11(12)19-13(21)7-8-18/h5-6,9H,3-4,7H2,1-2H3,(H,19,21). The highest BCUT2D eigenvalue weighted by Crippen LogP contribution is 2.35. The van der Waals surface area contributed by atoms with E-state index in [9.17, 15) is 18.0 Å². The third kappa shape index (κ3) is 4.38. The Morgan fingerprint density at radius 2 is 1.95 bits per heavy atom. The summed E-state index contributed by atoms with van der Waals surface area (Å²) in [4.78, 5) is 13.3. The Morgan fingerprint density at radius 1 is 1.33 bits per heavy atom. The first kappa shape index (κ1) is 16.8. The van der Waals surface area contributed by atoms with Gasteiger partial charge in [-0.2, -0.15) is 18.4 Å². The summed E-state index contributed by atoms with van der Waals surface area (Å²) in [6, 6.07) is 4.86. The van der Waals surface area contributed by atoms with Gasteiger partial charge in [-0.3, -0.25) is 4.79 Å². The number of amides is 1. The Morgan fingerprint density at radius 3 is 2.43 bits per heavy atom. The van der Waals surface area contributed by atoms with Crippen LogP contribution in [0.5, 0.6) is 0 Å². The topological polar surface area (TPSA) is 56.1 Å². The molecule has 0 saturated carbocycles. The van der Waals surface area contributed by atoms with Gasteiger partial charge in [-0.25, -0.2) is 0 Å². The smallest absolute Gasteiger partial charge is 0.370 e. The largest absolute Gasteiger partial charge is 0.416 e. The summed E-state index contributed by atoms with van der Waals surface area (Å²) in [5.41, 5.74) is -0.279. The van der Waals surface area contributed by atoms with E-state index in [2.05, 4.69) is 5.32 Å². The van der Waals surface area contributed by atoms with E-state index in [0.717, 1.165) is 12.1 Å². The van der Waals surface area contributed by atoms with Crippen LogP contribution in [0.25, 0.3) is 0 Å². The summed E-state index contributed by atoms with van der Waals surface area (Å²) in [6.07, 6.45) is -4.90. The van der Waals surface area contributed by atoms with E-state index < -0.39 is 24.1 Å². The van der Waals surface area contributed by atoms with Gasteiger partial charge >= 0.3 is 6.18 Å². The van der Waals surface area contributed by atoms with Crippen molar-refractivity contribution < 1.29 is 18.0 Å². The van der Waals surface area contributed by atoms with Crippen LogP contribution in [0.3, 0.4) is 0 Å².